The molecule has 54 valence electrons. The lowest BCUT2D eigenvalue weighted by Crippen LogP contribution is -1.78. The average molecular weight is 195 g/mol. The Kier molecular flexibility index (Phi) is 2.34. The zero-order valence-electron chi connectivity index (χ0n) is 5.15. The van der Waals surface area contributed by atoms with Crippen LogP contribution >= 0.6 is 34.5 Å². The van der Waals surface area contributed by atoms with Gasteiger partial charge in [0.15, 0.2) is 6.29 Å². The van der Waals surface area contributed by atoms with E-state index in [4.69, 9.17) is 23.2 Å². The molecule has 0 saturated carbocycles. The van der Waals surface area contributed by atoms with E-state index in [1.165, 1.54) is 11.3 Å². The number of hydrogen-bond acceptors (Lipinski definition) is 2. The molecule has 0 unspecified atom stereocenters. The third kappa shape index (κ3) is 1.19. The van der Waals surface area contributed by atoms with Crippen LogP contribution in [0.25, 0.3) is 0 Å². The number of halogens is 2. The summed E-state index contributed by atoms with van der Waals surface area (Å²) in [7, 11) is 0. The van der Waals surface area contributed by atoms with Gasteiger partial charge >= 0.3 is 0 Å². The number of aldehydes is 1. The summed E-state index contributed by atoms with van der Waals surface area (Å²) < 4.78 is 1.06. The molecule has 1 nitrogen and oxygen atoms in total. The van der Waals surface area contributed by atoms with Crippen molar-refractivity contribution in [3.63, 3.8) is 0 Å². The van der Waals surface area contributed by atoms with Crippen LogP contribution < -0.4 is 0 Å². The fraction of sp³-hybridized carbons (Fsp3) is 0.167. The second-order valence-corrected chi connectivity index (χ2v) is 4.03. The van der Waals surface area contributed by atoms with Gasteiger partial charge in [-0.15, -0.1) is 11.3 Å². The third-order valence-electron chi connectivity index (χ3n) is 1.21. The summed E-state index contributed by atoms with van der Waals surface area (Å²) >= 11 is 12.6. The molecule has 0 aliphatic heterocycles. The standard InChI is InChI=1S/C6H4Cl2OS/c1-3-4(2-9)6(8)10-5(3)7/h2H,1H3. The molecular weight excluding hydrogens is 191 g/mol. The van der Waals surface area contributed by atoms with Gasteiger partial charge in [-0.1, -0.05) is 23.2 Å². The molecule has 4 heteroatoms. The lowest BCUT2D eigenvalue weighted by atomic mass is 10.2. The Labute approximate surface area is 72.6 Å². The third-order valence-corrected chi connectivity index (χ3v) is 3.04. The van der Waals surface area contributed by atoms with E-state index in [1.54, 1.807) is 6.92 Å². The summed E-state index contributed by atoms with van der Waals surface area (Å²) in [6, 6.07) is 0. The van der Waals surface area contributed by atoms with Crippen molar-refractivity contribution in [1.82, 2.24) is 0 Å². The minimum Gasteiger partial charge on any atom is -0.298 e. The van der Waals surface area contributed by atoms with Gasteiger partial charge < -0.3 is 0 Å². The highest BCUT2D eigenvalue weighted by molar-refractivity contribution is 7.20. The van der Waals surface area contributed by atoms with E-state index in [1.807, 2.05) is 0 Å². The molecule has 1 aromatic heterocycles. The number of thiophene rings is 1. The topological polar surface area (TPSA) is 17.1 Å². The molecule has 1 aromatic rings. The highest BCUT2D eigenvalue weighted by atomic mass is 35.5. The van der Waals surface area contributed by atoms with E-state index in [0.717, 1.165) is 11.8 Å². The maximum atomic E-state index is 10.3. The Morgan fingerprint density at radius 3 is 2.20 bits per heavy atom. The monoisotopic (exact) mass is 194 g/mol. The second-order valence-electron chi connectivity index (χ2n) is 1.81. The van der Waals surface area contributed by atoms with Gasteiger partial charge in [-0.3, -0.25) is 4.79 Å². The predicted octanol–water partition coefficient (Wildman–Crippen LogP) is 3.18. The van der Waals surface area contributed by atoms with Crippen LogP contribution in [0.3, 0.4) is 0 Å². The summed E-state index contributed by atoms with van der Waals surface area (Å²) in [4.78, 5) is 10.3. The molecule has 0 amide bonds. The van der Waals surface area contributed by atoms with Gasteiger partial charge in [-0.05, 0) is 12.5 Å². The van der Waals surface area contributed by atoms with Crippen molar-refractivity contribution >= 4 is 40.8 Å². The molecule has 1 rings (SSSR count). The minimum atomic E-state index is 0.470. The van der Waals surface area contributed by atoms with Gasteiger partial charge in [0.05, 0.1) is 4.34 Å². The Morgan fingerprint density at radius 1 is 1.40 bits per heavy atom. The summed E-state index contributed by atoms with van der Waals surface area (Å²) in [6.07, 6.45) is 0.722. The molecule has 0 aromatic carbocycles. The van der Waals surface area contributed by atoms with Crippen molar-refractivity contribution < 1.29 is 4.79 Å². The van der Waals surface area contributed by atoms with Crippen LogP contribution in [-0.4, -0.2) is 6.29 Å². The maximum absolute atomic E-state index is 10.3. The van der Waals surface area contributed by atoms with Crippen LogP contribution in [0.4, 0.5) is 0 Å². The predicted molar refractivity (Wildman–Crippen MR) is 44.5 cm³/mol. The number of rotatable bonds is 1. The van der Waals surface area contributed by atoms with Crippen LogP contribution in [0.5, 0.6) is 0 Å². The first-order valence-electron chi connectivity index (χ1n) is 2.56. The first-order valence-corrected chi connectivity index (χ1v) is 4.13. The molecule has 0 atom stereocenters. The zero-order valence-corrected chi connectivity index (χ0v) is 7.48. The van der Waals surface area contributed by atoms with Crippen LogP contribution in [-0.2, 0) is 0 Å². The minimum absolute atomic E-state index is 0.470. The summed E-state index contributed by atoms with van der Waals surface area (Å²) in [5.74, 6) is 0. The van der Waals surface area contributed by atoms with Crippen molar-refractivity contribution in [2.75, 3.05) is 0 Å². The normalized spacial score (nSPS) is 9.90. The average Bonchev–Trinajstić information content (AvgIpc) is 2.09. The Morgan fingerprint density at radius 2 is 2.00 bits per heavy atom. The smallest absolute Gasteiger partial charge is 0.152 e. The molecule has 0 saturated heterocycles. The van der Waals surface area contributed by atoms with Crippen LogP contribution in [0, 0.1) is 6.92 Å². The SMILES string of the molecule is Cc1c(Cl)sc(Cl)c1C=O. The molecular formula is C6H4Cl2OS. The summed E-state index contributed by atoms with van der Waals surface area (Å²) in [6.45, 7) is 1.77. The molecule has 10 heavy (non-hydrogen) atoms. The fourth-order valence-corrected chi connectivity index (χ4v) is 2.20. The molecule has 0 radical (unpaired) electrons. The van der Waals surface area contributed by atoms with Crippen molar-refractivity contribution in [2.24, 2.45) is 0 Å². The van der Waals surface area contributed by atoms with E-state index in [9.17, 15) is 4.79 Å². The van der Waals surface area contributed by atoms with E-state index in [-0.39, 0.29) is 0 Å². The van der Waals surface area contributed by atoms with Gasteiger partial charge in [0.25, 0.3) is 0 Å². The molecule has 0 N–H and O–H groups in total. The number of hydrogen-bond donors (Lipinski definition) is 0. The van der Waals surface area contributed by atoms with E-state index >= 15 is 0 Å². The maximum Gasteiger partial charge on any atom is 0.152 e. The number of carbonyl (C=O) groups excluding carboxylic acids is 1. The lowest BCUT2D eigenvalue weighted by Gasteiger charge is -1.85. The largest absolute Gasteiger partial charge is 0.298 e. The first-order chi connectivity index (χ1) is 4.66. The number of carbonyl (C=O) groups is 1. The fourth-order valence-electron chi connectivity index (χ4n) is 0.598. The molecule has 0 spiro atoms. The van der Waals surface area contributed by atoms with Gasteiger partial charge in [-0.25, -0.2) is 0 Å². The van der Waals surface area contributed by atoms with Gasteiger partial charge in [-0.2, -0.15) is 0 Å². The second kappa shape index (κ2) is 2.91. The van der Waals surface area contributed by atoms with E-state index < -0.39 is 0 Å². The van der Waals surface area contributed by atoms with Crippen molar-refractivity contribution in [3.8, 4) is 0 Å². The van der Waals surface area contributed by atoms with E-state index in [2.05, 4.69) is 0 Å². The van der Waals surface area contributed by atoms with Crippen LogP contribution in [0.2, 0.25) is 8.67 Å². The highest BCUT2D eigenvalue weighted by Crippen LogP contribution is 2.34. The Hall–Kier alpha value is -0.0500. The summed E-state index contributed by atoms with van der Waals surface area (Å²) in [5, 5.41) is 0. The van der Waals surface area contributed by atoms with Crippen molar-refractivity contribution in [1.29, 1.82) is 0 Å². The van der Waals surface area contributed by atoms with Crippen molar-refractivity contribution in [2.45, 2.75) is 6.92 Å². The quantitative estimate of drug-likeness (QED) is 0.629. The molecule has 0 aliphatic rings. The zero-order chi connectivity index (χ0) is 7.72. The Bertz CT molecular complexity index is 267. The summed E-state index contributed by atoms with van der Waals surface area (Å²) in [5.41, 5.74) is 1.28. The van der Waals surface area contributed by atoms with Crippen LogP contribution in [0.15, 0.2) is 0 Å². The molecule has 0 aliphatic carbocycles. The molecule has 0 fully saturated rings. The van der Waals surface area contributed by atoms with Gasteiger partial charge in [0, 0.05) is 5.56 Å². The van der Waals surface area contributed by atoms with Gasteiger partial charge in [0.1, 0.15) is 4.34 Å². The molecule has 0 bridgehead atoms. The Balaban J connectivity index is 3.33. The highest BCUT2D eigenvalue weighted by Gasteiger charge is 2.09. The van der Waals surface area contributed by atoms with Crippen molar-refractivity contribution in [3.05, 3.63) is 19.8 Å². The van der Waals surface area contributed by atoms with Crippen LogP contribution in [0.1, 0.15) is 15.9 Å². The first kappa shape index (κ1) is 8.05. The lowest BCUT2D eigenvalue weighted by molar-refractivity contribution is 0.112. The molecule has 1 heterocycles. The van der Waals surface area contributed by atoms with Gasteiger partial charge in [0.2, 0.25) is 0 Å². The van der Waals surface area contributed by atoms with E-state index in [0.29, 0.717) is 14.2 Å².